The van der Waals surface area contributed by atoms with Gasteiger partial charge in [0.05, 0.1) is 7.11 Å². The van der Waals surface area contributed by atoms with Crippen LogP contribution < -0.4 is 10.5 Å². The first-order valence-corrected chi connectivity index (χ1v) is 7.18. The molecule has 2 aliphatic rings. The van der Waals surface area contributed by atoms with Crippen LogP contribution in [-0.2, 0) is 11.8 Å². The van der Waals surface area contributed by atoms with Crippen molar-refractivity contribution in [1.29, 1.82) is 0 Å². The number of methoxy groups -OCH3 is 1. The van der Waals surface area contributed by atoms with E-state index in [0.29, 0.717) is 12.0 Å². The van der Waals surface area contributed by atoms with Gasteiger partial charge < -0.3 is 15.4 Å². The molecule has 2 N–H and O–H groups in total. The van der Waals surface area contributed by atoms with Gasteiger partial charge in [0.25, 0.3) is 0 Å². The van der Waals surface area contributed by atoms with Gasteiger partial charge in [0.2, 0.25) is 0 Å². The van der Waals surface area contributed by atoms with Crippen molar-refractivity contribution in [2.24, 2.45) is 11.7 Å². The van der Waals surface area contributed by atoms with Crippen LogP contribution >= 0.6 is 0 Å². The fraction of sp³-hybridized carbons (Fsp3) is 0.625. The molecule has 1 aromatic rings. The Hall–Kier alpha value is -1.06. The number of ether oxygens (including phenoxy) is 1. The lowest BCUT2D eigenvalue weighted by molar-refractivity contribution is 0.0448. The Morgan fingerprint density at radius 1 is 1.47 bits per heavy atom. The third-order valence-electron chi connectivity index (χ3n) is 5.45. The topological polar surface area (TPSA) is 38.5 Å². The van der Waals surface area contributed by atoms with Crippen LogP contribution in [0, 0.1) is 5.92 Å². The molecule has 19 heavy (non-hydrogen) atoms. The van der Waals surface area contributed by atoms with Gasteiger partial charge >= 0.3 is 0 Å². The maximum atomic E-state index is 6.11. The van der Waals surface area contributed by atoms with Gasteiger partial charge in [-0.05, 0) is 67.6 Å². The standard InChI is InChI=1S/C16H24N2O/c1-16-6-7-18(2)15(14(16)10-17)8-11-4-5-12(19-3)9-13(11)16/h4-5,9,14-15H,6-8,10,17H2,1-3H3. The summed E-state index contributed by atoms with van der Waals surface area (Å²) in [5.41, 5.74) is 9.25. The van der Waals surface area contributed by atoms with E-state index in [-0.39, 0.29) is 5.41 Å². The molecule has 1 heterocycles. The molecule has 3 unspecified atom stereocenters. The maximum Gasteiger partial charge on any atom is 0.119 e. The van der Waals surface area contributed by atoms with E-state index in [1.54, 1.807) is 7.11 Å². The van der Waals surface area contributed by atoms with Crippen LogP contribution in [0.4, 0.5) is 0 Å². The van der Waals surface area contributed by atoms with Gasteiger partial charge in [0.1, 0.15) is 5.75 Å². The predicted octanol–water partition coefficient (Wildman–Crippen LogP) is 1.79. The van der Waals surface area contributed by atoms with Gasteiger partial charge in [-0.15, -0.1) is 0 Å². The summed E-state index contributed by atoms with van der Waals surface area (Å²) in [5, 5.41) is 0. The molecule has 0 spiro atoms. The van der Waals surface area contributed by atoms with Crippen molar-refractivity contribution in [2.45, 2.75) is 31.2 Å². The highest BCUT2D eigenvalue weighted by atomic mass is 16.5. The first kappa shape index (κ1) is 12.9. The average Bonchev–Trinajstić information content (AvgIpc) is 2.43. The van der Waals surface area contributed by atoms with Crippen molar-refractivity contribution in [1.82, 2.24) is 4.90 Å². The van der Waals surface area contributed by atoms with E-state index in [1.165, 1.54) is 17.5 Å². The summed E-state index contributed by atoms with van der Waals surface area (Å²) in [6.45, 7) is 4.32. The van der Waals surface area contributed by atoms with Gasteiger partial charge in [-0.3, -0.25) is 0 Å². The molecular weight excluding hydrogens is 236 g/mol. The van der Waals surface area contributed by atoms with Gasteiger partial charge in [-0.2, -0.15) is 0 Å². The average molecular weight is 260 g/mol. The van der Waals surface area contributed by atoms with E-state index in [1.807, 2.05) is 0 Å². The van der Waals surface area contributed by atoms with E-state index in [2.05, 4.69) is 37.1 Å². The Morgan fingerprint density at radius 3 is 2.95 bits per heavy atom. The Labute approximate surface area is 115 Å². The summed E-state index contributed by atoms with van der Waals surface area (Å²) in [7, 11) is 3.98. The highest BCUT2D eigenvalue weighted by Gasteiger charge is 2.49. The smallest absolute Gasteiger partial charge is 0.119 e. The van der Waals surface area contributed by atoms with E-state index in [9.17, 15) is 0 Å². The summed E-state index contributed by atoms with van der Waals surface area (Å²) in [5.74, 6) is 1.51. The summed E-state index contributed by atoms with van der Waals surface area (Å²) in [4.78, 5) is 2.49. The van der Waals surface area contributed by atoms with Crippen LogP contribution in [0.1, 0.15) is 24.5 Å². The molecule has 1 aliphatic heterocycles. The van der Waals surface area contributed by atoms with E-state index in [0.717, 1.165) is 25.3 Å². The Kier molecular flexibility index (Phi) is 3.06. The molecule has 1 fully saturated rings. The summed E-state index contributed by atoms with van der Waals surface area (Å²) in [6.07, 6.45) is 2.30. The van der Waals surface area contributed by atoms with Crippen LogP contribution in [0.25, 0.3) is 0 Å². The molecule has 1 aromatic carbocycles. The van der Waals surface area contributed by atoms with Gasteiger partial charge in [0, 0.05) is 6.04 Å². The van der Waals surface area contributed by atoms with Crippen molar-refractivity contribution in [2.75, 3.05) is 27.2 Å². The fourth-order valence-corrected chi connectivity index (χ4v) is 4.16. The molecule has 104 valence electrons. The van der Waals surface area contributed by atoms with Crippen molar-refractivity contribution in [3.63, 3.8) is 0 Å². The van der Waals surface area contributed by atoms with E-state index >= 15 is 0 Å². The number of nitrogens with zero attached hydrogens (tertiary/aromatic N) is 1. The molecule has 0 amide bonds. The van der Waals surface area contributed by atoms with Gasteiger partial charge in [-0.25, -0.2) is 0 Å². The Morgan fingerprint density at radius 2 is 2.26 bits per heavy atom. The summed E-state index contributed by atoms with van der Waals surface area (Å²) < 4.78 is 5.41. The molecule has 3 nitrogen and oxygen atoms in total. The minimum Gasteiger partial charge on any atom is -0.497 e. The second-order valence-corrected chi connectivity index (χ2v) is 6.28. The monoisotopic (exact) mass is 260 g/mol. The number of fused-ring (bicyclic) bond motifs is 4. The highest BCUT2D eigenvalue weighted by Crippen LogP contribution is 2.48. The zero-order valence-electron chi connectivity index (χ0n) is 12.1. The molecule has 1 aliphatic carbocycles. The summed E-state index contributed by atoms with van der Waals surface area (Å²) >= 11 is 0. The maximum absolute atomic E-state index is 6.11. The highest BCUT2D eigenvalue weighted by molar-refractivity contribution is 5.44. The second kappa shape index (κ2) is 4.50. The first-order valence-electron chi connectivity index (χ1n) is 7.18. The number of rotatable bonds is 2. The van der Waals surface area contributed by atoms with Crippen LogP contribution in [0.5, 0.6) is 5.75 Å². The number of hydrogen-bond acceptors (Lipinski definition) is 3. The minimum atomic E-state index is 0.202. The molecular formula is C16H24N2O. The molecule has 2 bridgehead atoms. The van der Waals surface area contributed by atoms with Crippen LogP contribution in [0.3, 0.4) is 0 Å². The fourth-order valence-electron chi connectivity index (χ4n) is 4.16. The quantitative estimate of drug-likeness (QED) is 0.881. The zero-order valence-corrected chi connectivity index (χ0v) is 12.1. The lowest BCUT2D eigenvalue weighted by atomic mass is 9.58. The van der Waals surface area contributed by atoms with Gasteiger partial charge in [0.15, 0.2) is 0 Å². The lowest BCUT2D eigenvalue weighted by Crippen LogP contribution is -2.59. The number of piperidine rings is 1. The van der Waals surface area contributed by atoms with E-state index in [4.69, 9.17) is 10.5 Å². The molecule has 1 saturated heterocycles. The molecule has 0 radical (unpaired) electrons. The third-order valence-corrected chi connectivity index (χ3v) is 5.45. The van der Waals surface area contributed by atoms with Gasteiger partial charge in [-0.1, -0.05) is 13.0 Å². The minimum absolute atomic E-state index is 0.202. The van der Waals surface area contributed by atoms with E-state index < -0.39 is 0 Å². The van der Waals surface area contributed by atoms with Crippen LogP contribution in [0.2, 0.25) is 0 Å². The van der Waals surface area contributed by atoms with Crippen LogP contribution in [0.15, 0.2) is 18.2 Å². The third kappa shape index (κ3) is 1.79. The van der Waals surface area contributed by atoms with Crippen molar-refractivity contribution in [3.8, 4) is 5.75 Å². The van der Waals surface area contributed by atoms with Crippen molar-refractivity contribution < 1.29 is 4.74 Å². The number of hydrogen-bond donors (Lipinski definition) is 1. The molecule has 0 aromatic heterocycles. The zero-order chi connectivity index (χ0) is 13.6. The second-order valence-electron chi connectivity index (χ2n) is 6.28. The van der Waals surface area contributed by atoms with Crippen LogP contribution in [-0.4, -0.2) is 38.2 Å². The molecule has 3 rings (SSSR count). The number of likely N-dealkylation sites (tertiary alicyclic amines) is 1. The molecule has 0 saturated carbocycles. The summed E-state index contributed by atoms with van der Waals surface area (Å²) in [6, 6.07) is 7.15. The molecule has 3 atom stereocenters. The largest absolute Gasteiger partial charge is 0.497 e. The number of benzene rings is 1. The Bertz CT molecular complexity index is 488. The SMILES string of the molecule is COc1ccc2c(c1)C1(C)CCN(C)C(C2)C1CN. The lowest BCUT2D eigenvalue weighted by Gasteiger charge is -2.54. The number of likely N-dealkylation sites (N-methyl/N-ethyl adjacent to an activating group) is 1. The van der Waals surface area contributed by atoms with Crippen molar-refractivity contribution in [3.05, 3.63) is 29.3 Å². The Balaban J connectivity index is 2.13. The predicted molar refractivity (Wildman–Crippen MR) is 77.6 cm³/mol. The molecule has 3 heteroatoms. The van der Waals surface area contributed by atoms with Crippen molar-refractivity contribution >= 4 is 0 Å². The normalized spacial score (nSPS) is 33.9. The number of nitrogens with two attached hydrogens (primary N) is 1. The first-order chi connectivity index (χ1) is 9.10.